The molecule has 1 aromatic heterocycles. The predicted molar refractivity (Wildman–Crippen MR) is 83.4 cm³/mol. The topological polar surface area (TPSA) is 42.9 Å². The summed E-state index contributed by atoms with van der Waals surface area (Å²) in [7, 11) is 1.92. The molecule has 5 heteroatoms. The van der Waals surface area contributed by atoms with E-state index in [-0.39, 0.29) is 17.0 Å². The smallest absolute Gasteiger partial charge is 0.202 e. The van der Waals surface area contributed by atoms with Crippen molar-refractivity contribution >= 4 is 11.0 Å². The number of nitrogens with one attached hydrogen (secondary N) is 1. The van der Waals surface area contributed by atoms with Gasteiger partial charge in [0.2, 0.25) is 5.62 Å². The number of rotatable bonds is 4. The summed E-state index contributed by atoms with van der Waals surface area (Å²) >= 11 is 0. The fourth-order valence-corrected chi connectivity index (χ4v) is 2.58. The Labute approximate surface area is 140 Å². The quantitative estimate of drug-likeness (QED) is 0.690. The zero-order chi connectivity index (χ0) is 14.8. The Morgan fingerprint density at radius 1 is 1.00 bits per heavy atom. The summed E-state index contributed by atoms with van der Waals surface area (Å²) in [5.74, 6) is 0.907. The van der Waals surface area contributed by atoms with Gasteiger partial charge in [0.25, 0.3) is 0 Å². The molecule has 0 saturated heterocycles. The first-order valence-corrected chi connectivity index (χ1v) is 7.06. The first-order valence-electron chi connectivity index (χ1n) is 7.06. The van der Waals surface area contributed by atoms with E-state index in [9.17, 15) is 0 Å². The number of nitrogens with zero attached hydrogens (tertiary/aromatic N) is 2. The van der Waals surface area contributed by atoms with Crippen molar-refractivity contribution in [2.24, 2.45) is 7.05 Å². The fourth-order valence-electron chi connectivity index (χ4n) is 2.58. The summed E-state index contributed by atoms with van der Waals surface area (Å²) in [5, 5.41) is 8.22. The lowest BCUT2D eigenvalue weighted by Crippen LogP contribution is -3.00. The number of aryl methyl sites for hydroxylation is 2. The van der Waals surface area contributed by atoms with E-state index >= 15 is 0 Å². The van der Waals surface area contributed by atoms with Gasteiger partial charge in [0.05, 0.1) is 17.6 Å². The molecule has 0 atom stereocenters. The van der Waals surface area contributed by atoms with Gasteiger partial charge >= 0.3 is 0 Å². The normalized spacial score (nSPS) is 10.5. The Balaban J connectivity index is 0.00000176. The molecule has 22 heavy (non-hydrogen) atoms. The van der Waals surface area contributed by atoms with Crippen LogP contribution in [0.25, 0.3) is 11.0 Å². The molecule has 0 spiro atoms. The highest BCUT2D eigenvalue weighted by Crippen LogP contribution is 2.16. The zero-order valence-corrected chi connectivity index (χ0v) is 14.3. The van der Waals surface area contributed by atoms with E-state index in [2.05, 4.69) is 0 Å². The number of halogens is 1. The molecule has 3 aromatic rings. The van der Waals surface area contributed by atoms with Crippen molar-refractivity contribution in [3.63, 3.8) is 0 Å². The Hall–Kier alpha value is -2.01. The van der Waals surface area contributed by atoms with Crippen molar-refractivity contribution < 1.29 is 21.7 Å². The Morgan fingerprint density at radius 2 is 1.64 bits per heavy atom. The van der Waals surface area contributed by atoms with Crippen LogP contribution >= 0.6 is 0 Å². The monoisotopic (exact) mass is 360 g/mol. The number of hydrogen-bond donors (Lipinski definition) is 1. The van der Waals surface area contributed by atoms with Gasteiger partial charge in [-0.1, -0.05) is 30.3 Å². The van der Waals surface area contributed by atoms with Crippen LogP contribution in [0.2, 0.25) is 0 Å². The molecule has 1 heterocycles. The van der Waals surface area contributed by atoms with Crippen molar-refractivity contribution in [2.75, 3.05) is 6.61 Å². The first kappa shape index (κ1) is 16.4. The zero-order valence-electron chi connectivity index (χ0n) is 12.7. The molecule has 0 aliphatic heterocycles. The second kappa shape index (κ2) is 6.83. The third-order valence-electron chi connectivity index (χ3n) is 3.77. The van der Waals surface area contributed by atoms with Gasteiger partial charge in [-0.15, -0.1) is 0 Å². The van der Waals surface area contributed by atoms with Crippen molar-refractivity contribution in [3.8, 4) is 5.75 Å². The van der Waals surface area contributed by atoms with Gasteiger partial charge in [0, 0.05) is 7.05 Å². The van der Waals surface area contributed by atoms with E-state index in [4.69, 9.17) is 10.1 Å². The van der Waals surface area contributed by atoms with E-state index in [1.807, 2.05) is 71.6 Å². The van der Waals surface area contributed by atoms with Gasteiger partial charge in [0.1, 0.15) is 12.4 Å². The van der Waals surface area contributed by atoms with Crippen LogP contribution < -0.4 is 27.3 Å². The molecule has 0 bridgehead atoms. The highest BCUT2D eigenvalue weighted by atomic mass is 79.9. The molecule has 0 fully saturated rings. The standard InChI is InChI=1S/C17H19N3O.BrH/c1-13-7-3-6-10-16(13)21-12-11-20-15-9-5-4-8-14(15)19(2)17(20)18;/h3-10,18H,11-12H2,1-2H3;1H/p-1. The van der Waals surface area contributed by atoms with Gasteiger partial charge in [-0.2, -0.15) is 0 Å². The number of para-hydroxylation sites is 3. The molecular weight excluding hydrogens is 342 g/mol. The van der Waals surface area contributed by atoms with Crippen molar-refractivity contribution in [1.82, 2.24) is 9.13 Å². The van der Waals surface area contributed by atoms with Crippen molar-refractivity contribution in [1.29, 1.82) is 5.41 Å². The largest absolute Gasteiger partial charge is 1.00 e. The molecule has 4 nitrogen and oxygen atoms in total. The molecule has 3 rings (SSSR count). The molecule has 0 aliphatic carbocycles. The van der Waals surface area contributed by atoms with Crippen molar-refractivity contribution in [2.45, 2.75) is 13.5 Å². The third kappa shape index (κ3) is 2.95. The summed E-state index contributed by atoms with van der Waals surface area (Å²) in [5.41, 5.74) is 3.76. The maximum Gasteiger partial charge on any atom is 0.202 e. The second-order valence-corrected chi connectivity index (χ2v) is 5.14. The molecule has 0 unspecified atom stereocenters. The van der Waals surface area contributed by atoms with E-state index in [1.54, 1.807) is 0 Å². The van der Waals surface area contributed by atoms with E-state index in [1.165, 1.54) is 0 Å². The van der Waals surface area contributed by atoms with Crippen LogP contribution in [0.5, 0.6) is 5.75 Å². The number of fused-ring (bicyclic) bond motifs is 1. The Kier molecular flexibility index (Phi) is 5.08. The maximum atomic E-state index is 8.22. The average Bonchev–Trinajstić information content (AvgIpc) is 2.74. The third-order valence-corrected chi connectivity index (χ3v) is 3.77. The number of benzene rings is 2. The summed E-state index contributed by atoms with van der Waals surface area (Å²) < 4.78 is 9.71. The predicted octanol–water partition coefficient (Wildman–Crippen LogP) is -0.149. The number of aromatic nitrogens is 2. The maximum absolute atomic E-state index is 8.22. The lowest BCUT2D eigenvalue weighted by atomic mass is 10.2. The molecule has 0 radical (unpaired) electrons. The lowest BCUT2D eigenvalue weighted by molar-refractivity contribution is -0.00000501. The first-order chi connectivity index (χ1) is 10.2. The fraction of sp³-hybridized carbons (Fsp3) is 0.235. The average molecular weight is 361 g/mol. The molecule has 2 aromatic carbocycles. The number of imidazole rings is 1. The molecule has 0 saturated carbocycles. The molecule has 0 amide bonds. The van der Waals surface area contributed by atoms with Crippen LogP contribution in [-0.2, 0) is 13.6 Å². The number of ether oxygens (including phenoxy) is 1. The van der Waals surface area contributed by atoms with Gasteiger partial charge in [0.15, 0.2) is 0 Å². The summed E-state index contributed by atoms with van der Waals surface area (Å²) in [4.78, 5) is 0. The van der Waals surface area contributed by atoms with Gasteiger partial charge in [-0.3, -0.25) is 5.41 Å². The molecule has 0 aliphatic rings. The Bertz CT molecular complexity index is 835. The minimum Gasteiger partial charge on any atom is -1.00 e. The highest BCUT2D eigenvalue weighted by Gasteiger charge is 2.07. The second-order valence-electron chi connectivity index (χ2n) is 5.14. The van der Waals surface area contributed by atoms with Gasteiger partial charge in [-0.05, 0) is 30.7 Å². The van der Waals surface area contributed by atoms with Crippen LogP contribution in [0, 0.1) is 12.3 Å². The van der Waals surface area contributed by atoms with Gasteiger partial charge in [-0.25, -0.2) is 0 Å². The lowest BCUT2D eigenvalue weighted by Gasteiger charge is -2.09. The van der Waals surface area contributed by atoms with Crippen LogP contribution in [0.3, 0.4) is 0 Å². The minimum absolute atomic E-state index is 0. The van der Waals surface area contributed by atoms with Crippen LogP contribution in [-0.4, -0.2) is 15.7 Å². The molecule has 116 valence electrons. The summed E-state index contributed by atoms with van der Waals surface area (Å²) in [6, 6.07) is 16.1. The van der Waals surface area contributed by atoms with Crippen LogP contribution in [0.4, 0.5) is 0 Å². The van der Waals surface area contributed by atoms with E-state index in [0.29, 0.717) is 18.8 Å². The van der Waals surface area contributed by atoms with E-state index < -0.39 is 0 Å². The minimum atomic E-state index is 0. The van der Waals surface area contributed by atoms with E-state index in [0.717, 1.165) is 22.3 Å². The van der Waals surface area contributed by atoms with Crippen LogP contribution in [0.15, 0.2) is 48.5 Å². The SMILES string of the molecule is Cc1ccccc1OCCn1c(=N)n(C)c2ccccc21.[Br-]. The Morgan fingerprint density at radius 3 is 2.36 bits per heavy atom. The molecular formula is C17H19BrN3O-. The van der Waals surface area contributed by atoms with Crippen LogP contribution in [0.1, 0.15) is 5.56 Å². The summed E-state index contributed by atoms with van der Waals surface area (Å²) in [6.45, 7) is 3.25. The highest BCUT2D eigenvalue weighted by molar-refractivity contribution is 5.75. The number of hydrogen-bond acceptors (Lipinski definition) is 2. The molecule has 1 N–H and O–H groups in total. The summed E-state index contributed by atoms with van der Waals surface area (Å²) in [6.07, 6.45) is 0. The van der Waals surface area contributed by atoms with Gasteiger partial charge < -0.3 is 30.9 Å². The van der Waals surface area contributed by atoms with Crippen molar-refractivity contribution in [3.05, 3.63) is 59.7 Å².